The van der Waals surface area contributed by atoms with Gasteiger partial charge in [-0.25, -0.2) is 4.79 Å². The van der Waals surface area contributed by atoms with Crippen molar-refractivity contribution in [2.75, 3.05) is 27.4 Å². The van der Waals surface area contributed by atoms with Crippen molar-refractivity contribution in [2.24, 2.45) is 0 Å². The average molecular weight is 364 g/mol. The molecule has 26 heavy (non-hydrogen) atoms. The van der Waals surface area contributed by atoms with E-state index in [0.717, 1.165) is 0 Å². The third-order valence-electron chi connectivity index (χ3n) is 3.25. The molecular formula is C18H24N2O6. The number of likely N-dealkylation sites (N-methyl/N-ethyl adjacent to an activating group) is 1. The van der Waals surface area contributed by atoms with E-state index in [4.69, 9.17) is 14.2 Å². The number of carbonyl (C=O) groups excluding carboxylic acids is 3. The molecule has 0 unspecified atom stereocenters. The van der Waals surface area contributed by atoms with Crippen LogP contribution >= 0.6 is 0 Å². The molecule has 2 amide bonds. The maximum absolute atomic E-state index is 11.7. The van der Waals surface area contributed by atoms with Crippen LogP contribution in [0.5, 0.6) is 11.5 Å². The molecule has 0 aliphatic rings. The molecule has 1 atom stereocenters. The van der Waals surface area contributed by atoms with Gasteiger partial charge in [-0.2, -0.15) is 0 Å². The van der Waals surface area contributed by atoms with Crippen LogP contribution in [0.15, 0.2) is 24.3 Å². The standard InChI is InChI=1S/C18H24N2O6/c1-5-19-18(23)12(2)20-16(21)11-26-17(22)7-6-13-8-14(24-3)10-15(9-13)25-4/h6-10,12H,5,11H2,1-4H3,(H,19,23)(H,20,21)/b7-6+/t12-/m1/s1. The van der Waals surface area contributed by atoms with Crippen LogP contribution in [0.3, 0.4) is 0 Å². The summed E-state index contributed by atoms with van der Waals surface area (Å²) in [6, 6.07) is 4.43. The van der Waals surface area contributed by atoms with Gasteiger partial charge in [-0.1, -0.05) is 0 Å². The largest absolute Gasteiger partial charge is 0.497 e. The van der Waals surface area contributed by atoms with Gasteiger partial charge in [0.2, 0.25) is 5.91 Å². The number of carbonyl (C=O) groups is 3. The molecule has 8 heteroatoms. The van der Waals surface area contributed by atoms with Crippen LogP contribution in [0.4, 0.5) is 0 Å². The molecule has 0 spiro atoms. The van der Waals surface area contributed by atoms with E-state index in [1.165, 1.54) is 26.4 Å². The number of hydrogen-bond acceptors (Lipinski definition) is 6. The molecule has 2 N–H and O–H groups in total. The van der Waals surface area contributed by atoms with Gasteiger partial charge in [-0.3, -0.25) is 9.59 Å². The minimum atomic E-state index is -0.707. The molecule has 0 heterocycles. The van der Waals surface area contributed by atoms with Gasteiger partial charge in [0.1, 0.15) is 17.5 Å². The molecule has 142 valence electrons. The second-order valence-electron chi connectivity index (χ2n) is 5.27. The van der Waals surface area contributed by atoms with E-state index in [2.05, 4.69) is 10.6 Å². The summed E-state index contributed by atoms with van der Waals surface area (Å²) in [6.45, 7) is 3.31. The number of ether oxygens (including phenoxy) is 3. The van der Waals surface area contributed by atoms with Gasteiger partial charge in [0.15, 0.2) is 6.61 Å². The number of hydrogen-bond donors (Lipinski definition) is 2. The van der Waals surface area contributed by atoms with Crippen molar-refractivity contribution in [1.82, 2.24) is 10.6 Å². The minimum Gasteiger partial charge on any atom is -0.497 e. The Kier molecular flexibility index (Phi) is 8.69. The molecular weight excluding hydrogens is 340 g/mol. The Hall–Kier alpha value is -3.03. The normalized spacial score (nSPS) is 11.5. The van der Waals surface area contributed by atoms with Gasteiger partial charge in [0, 0.05) is 18.7 Å². The van der Waals surface area contributed by atoms with E-state index in [1.54, 1.807) is 32.0 Å². The van der Waals surface area contributed by atoms with Crippen LogP contribution in [0, 0.1) is 0 Å². The van der Waals surface area contributed by atoms with Crippen LogP contribution < -0.4 is 20.1 Å². The molecule has 0 saturated heterocycles. The van der Waals surface area contributed by atoms with E-state index in [-0.39, 0.29) is 5.91 Å². The van der Waals surface area contributed by atoms with Gasteiger partial charge < -0.3 is 24.8 Å². The molecule has 0 radical (unpaired) electrons. The highest BCUT2D eigenvalue weighted by Gasteiger charge is 2.15. The summed E-state index contributed by atoms with van der Waals surface area (Å²) in [5.41, 5.74) is 0.674. The summed E-state index contributed by atoms with van der Waals surface area (Å²) >= 11 is 0. The predicted octanol–water partition coefficient (Wildman–Crippen LogP) is 0.901. The summed E-state index contributed by atoms with van der Waals surface area (Å²) < 4.78 is 15.1. The first-order chi connectivity index (χ1) is 12.4. The number of amides is 2. The summed E-state index contributed by atoms with van der Waals surface area (Å²) in [6.07, 6.45) is 2.71. The van der Waals surface area contributed by atoms with Gasteiger partial charge in [-0.05, 0) is 37.6 Å². The van der Waals surface area contributed by atoms with E-state index in [0.29, 0.717) is 23.6 Å². The highest BCUT2D eigenvalue weighted by molar-refractivity contribution is 5.91. The Morgan fingerprint density at radius 1 is 1.12 bits per heavy atom. The zero-order chi connectivity index (χ0) is 19.5. The third-order valence-corrected chi connectivity index (χ3v) is 3.25. The lowest BCUT2D eigenvalue weighted by atomic mass is 10.2. The summed E-state index contributed by atoms with van der Waals surface area (Å²) in [7, 11) is 3.05. The lowest BCUT2D eigenvalue weighted by molar-refractivity contribution is -0.144. The minimum absolute atomic E-state index is 0.306. The second kappa shape index (κ2) is 10.8. The first-order valence-electron chi connectivity index (χ1n) is 8.04. The molecule has 8 nitrogen and oxygen atoms in total. The lowest BCUT2D eigenvalue weighted by Gasteiger charge is -2.12. The number of methoxy groups -OCH3 is 2. The fraction of sp³-hybridized carbons (Fsp3) is 0.389. The fourth-order valence-electron chi connectivity index (χ4n) is 1.95. The molecule has 0 aromatic heterocycles. The maximum atomic E-state index is 11.7. The van der Waals surface area contributed by atoms with Crippen molar-refractivity contribution < 1.29 is 28.6 Å². The molecule has 0 bridgehead atoms. The Bertz CT molecular complexity index is 649. The molecule has 1 rings (SSSR count). The van der Waals surface area contributed by atoms with Gasteiger partial charge >= 0.3 is 5.97 Å². The zero-order valence-electron chi connectivity index (χ0n) is 15.3. The van der Waals surface area contributed by atoms with Crippen molar-refractivity contribution in [3.05, 3.63) is 29.8 Å². The Labute approximate surface area is 152 Å². The first-order valence-corrected chi connectivity index (χ1v) is 8.04. The SMILES string of the molecule is CCNC(=O)[C@@H](C)NC(=O)COC(=O)/C=C/c1cc(OC)cc(OC)c1. The van der Waals surface area contributed by atoms with Crippen molar-refractivity contribution in [3.63, 3.8) is 0 Å². The van der Waals surface area contributed by atoms with Gasteiger partial charge in [-0.15, -0.1) is 0 Å². The van der Waals surface area contributed by atoms with Crippen molar-refractivity contribution in [3.8, 4) is 11.5 Å². The summed E-state index contributed by atoms with van der Waals surface area (Å²) in [5.74, 6) is -0.396. The predicted molar refractivity (Wildman–Crippen MR) is 95.8 cm³/mol. The molecule has 1 aromatic carbocycles. The molecule has 0 fully saturated rings. The molecule has 0 aliphatic heterocycles. The smallest absolute Gasteiger partial charge is 0.331 e. The summed E-state index contributed by atoms with van der Waals surface area (Å²) in [5, 5.41) is 5.02. The zero-order valence-corrected chi connectivity index (χ0v) is 15.3. The Morgan fingerprint density at radius 2 is 1.73 bits per heavy atom. The molecule has 0 aliphatic carbocycles. The van der Waals surface area contributed by atoms with Crippen molar-refractivity contribution in [2.45, 2.75) is 19.9 Å². The topological polar surface area (TPSA) is 103 Å². The van der Waals surface area contributed by atoms with Crippen LogP contribution in [0.25, 0.3) is 6.08 Å². The molecule has 1 aromatic rings. The molecule has 0 saturated carbocycles. The average Bonchev–Trinajstić information content (AvgIpc) is 2.64. The monoisotopic (exact) mass is 364 g/mol. The highest BCUT2D eigenvalue weighted by atomic mass is 16.5. The van der Waals surface area contributed by atoms with Crippen LogP contribution in [-0.4, -0.2) is 51.2 Å². The second-order valence-corrected chi connectivity index (χ2v) is 5.27. The number of nitrogens with one attached hydrogen (secondary N) is 2. The van der Waals surface area contributed by atoms with Crippen molar-refractivity contribution >= 4 is 23.9 Å². The van der Waals surface area contributed by atoms with Crippen LogP contribution in [-0.2, 0) is 19.1 Å². The van der Waals surface area contributed by atoms with Crippen molar-refractivity contribution in [1.29, 1.82) is 0 Å². The summed E-state index contributed by atoms with van der Waals surface area (Å²) in [4.78, 5) is 34.9. The Balaban J connectivity index is 2.52. The van der Waals surface area contributed by atoms with E-state index in [9.17, 15) is 14.4 Å². The lowest BCUT2D eigenvalue weighted by Crippen LogP contribution is -2.46. The Morgan fingerprint density at radius 3 is 2.27 bits per heavy atom. The van der Waals surface area contributed by atoms with Crippen LogP contribution in [0.1, 0.15) is 19.4 Å². The quantitative estimate of drug-likeness (QED) is 0.499. The number of benzene rings is 1. The van der Waals surface area contributed by atoms with E-state index < -0.39 is 24.5 Å². The fourth-order valence-corrected chi connectivity index (χ4v) is 1.95. The number of rotatable bonds is 9. The van der Waals surface area contributed by atoms with E-state index >= 15 is 0 Å². The van der Waals surface area contributed by atoms with Gasteiger partial charge in [0.25, 0.3) is 5.91 Å². The highest BCUT2D eigenvalue weighted by Crippen LogP contribution is 2.23. The maximum Gasteiger partial charge on any atom is 0.331 e. The first kappa shape index (κ1) is 21.0. The van der Waals surface area contributed by atoms with Crippen LogP contribution in [0.2, 0.25) is 0 Å². The number of esters is 1. The third kappa shape index (κ3) is 7.25. The van der Waals surface area contributed by atoms with Gasteiger partial charge in [0.05, 0.1) is 14.2 Å². The van der Waals surface area contributed by atoms with E-state index in [1.807, 2.05) is 0 Å².